The van der Waals surface area contributed by atoms with Crippen LogP contribution in [0.1, 0.15) is 11.3 Å². The number of halogens is 1. The summed E-state index contributed by atoms with van der Waals surface area (Å²) in [4.78, 5) is 15.5. The van der Waals surface area contributed by atoms with E-state index in [9.17, 15) is 4.39 Å². The number of anilines is 2. The van der Waals surface area contributed by atoms with Crippen LogP contribution >= 0.6 is 0 Å². The molecule has 0 atom stereocenters. The van der Waals surface area contributed by atoms with Gasteiger partial charge in [-0.3, -0.25) is 15.1 Å². The molecule has 0 fully saturated rings. The van der Waals surface area contributed by atoms with Gasteiger partial charge in [0.05, 0.1) is 40.7 Å². The third kappa shape index (κ3) is 4.33. The zero-order valence-electron chi connectivity index (χ0n) is 19.7. The lowest BCUT2D eigenvalue weighted by atomic mass is 10.0. The molecule has 35 heavy (non-hydrogen) atoms. The van der Waals surface area contributed by atoms with Gasteiger partial charge in [-0.15, -0.1) is 0 Å². The normalized spacial score (nSPS) is 11.0. The van der Waals surface area contributed by atoms with Crippen molar-refractivity contribution in [2.45, 2.75) is 6.92 Å². The summed E-state index contributed by atoms with van der Waals surface area (Å²) in [5.74, 6) is -0.291. The summed E-state index contributed by atoms with van der Waals surface area (Å²) in [6.45, 7) is 6.16. The Morgan fingerprint density at radius 3 is 2.63 bits per heavy atom. The molecule has 0 radical (unpaired) electrons. The average molecular weight is 466 g/mol. The molecule has 4 heterocycles. The Morgan fingerprint density at radius 2 is 1.83 bits per heavy atom. The third-order valence-electron chi connectivity index (χ3n) is 5.87. The second kappa shape index (κ2) is 8.98. The number of nitrogens with zero attached hydrogens (tertiary/aromatic N) is 5. The van der Waals surface area contributed by atoms with Crippen LogP contribution in [-0.2, 0) is 0 Å². The number of hydrogen-bond acceptors (Lipinski definition) is 6. The first-order chi connectivity index (χ1) is 16.9. The first-order valence-corrected chi connectivity index (χ1v) is 11.1. The fourth-order valence-corrected chi connectivity index (χ4v) is 3.90. The van der Waals surface area contributed by atoms with Crippen molar-refractivity contribution < 1.29 is 4.39 Å². The average Bonchev–Trinajstić information content (AvgIpc) is 3.29. The van der Waals surface area contributed by atoms with Crippen molar-refractivity contribution in [1.82, 2.24) is 25.1 Å². The molecule has 1 aromatic carbocycles. The first-order valence-electron chi connectivity index (χ1n) is 11.1. The van der Waals surface area contributed by atoms with Crippen molar-refractivity contribution in [3.8, 4) is 22.4 Å². The minimum atomic E-state index is -0.291. The monoisotopic (exact) mass is 465 g/mol. The Kier molecular flexibility index (Phi) is 5.70. The maximum absolute atomic E-state index is 13.8. The summed E-state index contributed by atoms with van der Waals surface area (Å²) in [6.07, 6.45) is 7.05. The van der Waals surface area contributed by atoms with Gasteiger partial charge in [0, 0.05) is 37.6 Å². The maximum atomic E-state index is 13.8. The molecule has 0 saturated heterocycles. The van der Waals surface area contributed by atoms with Gasteiger partial charge in [0.2, 0.25) is 0 Å². The Morgan fingerprint density at radius 1 is 1.00 bits per heavy atom. The molecular formula is C27H24FN7. The summed E-state index contributed by atoms with van der Waals surface area (Å²) >= 11 is 0. The van der Waals surface area contributed by atoms with Crippen LogP contribution in [0.2, 0.25) is 0 Å². The lowest BCUT2D eigenvalue weighted by Gasteiger charge is -2.14. The van der Waals surface area contributed by atoms with E-state index in [-0.39, 0.29) is 5.82 Å². The van der Waals surface area contributed by atoms with E-state index in [0.29, 0.717) is 16.9 Å². The van der Waals surface area contributed by atoms with Crippen LogP contribution in [0.25, 0.3) is 39.1 Å². The zero-order chi connectivity index (χ0) is 24.5. The van der Waals surface area contributed by atoms with Crippen molar-refractivity contribution in [3.05, 3.63) is 90.9 Å². The molecule has 7 nitrogen and oxygen atoms in total. The van der Waals surface area contributed by atoms with E-state index in [1.165, 1.54) is 12.1 Å². The topological polar surface area (TPSA) is 82.6 Å². The van der Waals surface area contributed by atoms with Crippen LogP contribution in [0, 0.1) is 12.7 Å². The number of nitrogens with one attached hydrogen (secondary N) is 2. The van der Waals surface area contributed by atoms with E-state index >= 15 is 0 Å². The van der Waals surface area contributed by atoms with Gasteiger partial charge in [0.15, 0.2) is 0 Å². The van der Waals surface area contributed by atoms with Crippen molar-refractivity contribution in [2.75, 3.05) is 24.3 Å². The molecule has 0 aliphatic heterocycles. The second-order valence-electron chi connectivity index (χ2n) is 8.46. The van der Waals surface area contributed by atoms with Crippen LogP contribution in [0.15, 0.2) is 73.8 Å². The van der Waals surface area contributed by atoms with E-state index in [1.807, 2.05) is 56.4 Å². The minimum absolute atomic E-state index is 0.291. The fraction of sp³-hybridized carbons (Fsp3) is 0.111. The van der Waals surface area contributed by atoms with E-state index in [0.717, 1.165) is 44.8 Å². The Balaban J connectivity index is 1.48. The number of hydrogen-bond donors (Lipinski definition) is 2. The fourth-order valence-electron chi connectivity index (χ4n) is 3.90. The smallest absolute Gasteiger partial charge is 0.134 e. The quantitative estimate of drug-likeness (QED) is 0.336. The molecule has 4 aromatic heterocycles. The number of aromatic nitrogens is 5. The highest BCUT2D eigenvalue weighted by Crippen LogP contribution is 2.31. The van der Waals surface area contributed by atoms with Crippen LogP contribution in [-0.4, -0.2) is 39.2 Å². The van der Waals surface area contributed by atoms with Gasteiger partial charge in [0.25, 0.3) is 0 Å². The molecule has 0 unspecified atom stereocenters. The lowest BCUT2D eigenvalue weighted by Crippen LogP contribution is -2.08. The molecule has 5 aromatic rings. The van der Waals surface area contributed by atoms with Crippen LogP contribution in [0.5, 0.6) is 0 Å². The van der Waals surface area contributed by atoms with Gasteiger partial charge < -0.3 is 10.2 Å². The molecule has 2 N–H and O–H groups in total. The van der Waals surface area contributed by atoms with Crippen LogP contribution in [0.4, 0.5) is 15.8 Å². The summed E-state index contributed by atoms with van der Waals surface area (Å²) in [5, 5.41) is 10.8. The predicted octanol–water partition coefficient (Wildman–Crippen LogP) is 5.68. The number of H-pyrrole nitrogens is 1. The molecule has 5 rings (SSSR count). The van der Waals surface area contributed by atoms with Gasteiger partial charge in [-0.25, -0.2) is 9.37 Å². The second-order valence-corrected chi connectivity index (χ2v) is 8.46. The largest absolute Gasteiger partial charge is 0.376 e. The Bertz CT molecular complexity index is 1550. The standard InChI is InChI=1S/C27H24FN7/c1-16-22(18-6-5-7-20(28)10-18)14-30-15-25(16)31-17(2)26-27-24(33-34-26)9-8-23(32-27)19-11-21(35(3)4)13-29-12-19/h5-15,31H,2H2,1,3-4H3,(H,33,34). The first kappa shape index (κ1) is 22.2. The number of rotatable bonds is 6. The van der Waals surface area contributed by atoms with Crippen LogP contribution in [0.3, 0.4) is 0 Å². The van der Waals surface area contributed by atoms with E-state index in [2.05, 4.69) is 32.1 Å². The molecule has 0 aliphatic carbocycles. The summed E-state index contributed by atoms with van der Waals surface area (Å²) in [5.41, 5.74) is 8.63. The lowest BCUT2D eigenvalue weighted by molar-refractivity contribution is 0.628. The predicted molar refractivity (Wildman–Crippen MR) is 138 cm³/mol. The summed E-state index contributed by atoms with van der Waals surface area (Å²) in [6, 6.07) is 12.4. The molecule has 0 spiro atoms. The molecule has 0 saturated carbocycles. The summed E-state index contributed by atoms with van der Waals surface area (Å²) in [7, 11) is 3.95. The van der Waals surface area contributed by atoms with E-state index in [4.69, 9.17) is 4.98 Å². The van der Waals surface area contributed by atoms with Crippen molar-refractivity contribution in [1.29, 1.82) is 0 Å². The Labute approximate surface area is 202 Å². The summed E-state index contributed by atoms with van der Waals surface area (Å²) < 4.78 is 13.8. The molecule has 0 amide bonds. The molecular weight excluding hydrogens is 441 g/mol. The zero-order valence-corrected chi connectivity index (χ0v) is 19.7. The number of fused-ring (bicyclic) bond motifs is 1. The van der Waals surface area contributed by atoms with Gasteiger partial charge in [-0.1, -0.05) is 18.7 Å². The van der Waals surface area contributed by atoms with E-state index in [1.54, 1.807) is 24.7 Å². The highest BCUT2D eigenvalue weighted by Gasteiger charge is 2.15. The van der Waals surface area contributed by atoms with Crippen molar-refractivity contribution >= 4 is 28.1 Å². The van der Waals surface area contributed by atoms with Crippen molar-refractivity contribution in [3.63, 3.8) is 0 Å². The number of pyridine rings is 3. The van der Waals surface area contributed by atoms with Gasteiger partial charge in [-0.05, 0) is 48.4 Å². The number of benzene rings is 1. The Hall–Kier alpha value is -4.59. The van der Waals surface area contributed by atoms with Crippen molar-refractivity contribution in [2.24, 2.45) is 0 Å². The minimum Gasteiger partial charge on any atom is -0.376 e. The molecule has 0 aliphatic rings. The molecule has 0 bridgehead atoms. The maximum Gasteiger partial charge on any atom is 0.134 e. The van der Waals surface area contributed by atoms with Gasteiger partial charge >= 0.3 is 0 Å². The van der Waals surface area contributed by atoms with Crippen LogP contribution < -0.4 is 10.2 Å². The highest BCUT2D eigenvalue weighted by atomic mass is 19.1. The molecule has 8 heteroatoms. The SMILES string of the molecule is C=C(Nc1cncc(-c2cccc(F)c2)c1C)c1n[nH]c2ccc(-c3cncc(N(C)C)c3)nc12. The molecule has 174 valence electrons. The van der Waals surface area contributed by atoms with Gasteiger partial charge in [-0.2, -0.15) is 5.10 Å². The highest BCUT2D eigenvalue weighted by molar-refractivity contribution is 5.91. The van der Waals surface area contributed by atoms with E-state index < -0.39 is 0 Å². The van der Waals surface area contributed by atoms with Gasteiger partial charge in [0.1, 0.15) is 17.0 Å². The number of aromatic amines is 1. The third-order valence-corrected chi connectivity index (χ3v) is 5.87.